The van der Waals surface area contributed by atoms with Crippen LogP contribution in [0.3, 0.4) is 0 Å². The van der Waals surface area contributed by atoms with Crippen molar-refractivity contribution in [3.05, 3.63) is 24.3 Å². The van der Waals surface area contributed by atoms with Gasteiger partial charge in [0.2, 0.25) is 0 Å². The molecule has 1 rings (SSSR count). The van der Waals surface area contributed by atoms with E-state index in [1.165, 1.54) is 21.6 Å². The van der Waals surface area contributed by atoms with Crippen molar-refractivity contribution >= 4 is 53.8 Å². The summed E-state index contributed by atoms with van der Waals surface area (Å²) in [6.07, 6.45) is 0. The van der Waals surface area contributed by atoms with Crippen LogP contribution in [0.2, 0.25) is 0 Å². The van der Waals surface area contributed by atoms with Crippen LogP contribution in [-0.2, 0) is 9.47 Å². The lowest BCUT2D eigenvalue weighted by molar-refractivity contribution is 0.181. The minimum absolute atomic E-state index is 0.324. The van der Waals surface area contributed by atoms with E-state index >= 15 is 0 Å². The number of carbonyl (C=O) groups excluding carboxylic acids is 2. The summed E-state index contributed by atoms with van der Waals surface area (Å²) in [7, 11) is 4.69. The average molecular weight is 351 g/mol. The van der Waals surface area contributed by atoms with Crippen LogP contribution in [0.1, 0.15) is 13.8 Å². The summed E-state index contributed by atoms with van der Waals surface area (Å²) >= 11 is 0. The van der Waals surface area contributed by atoms with Gasteiger partial charge in [-0.15, -0.1) is 0 Å². The van der Waals surface area contributed by atoms with E-state index in [0.29, 0.717) is 13.2 Å². The van der Waals surface area contributed by atoms with Crippen LogP contribution in [0.15, 0.2) is 34.1 Å². The molecule has 0 saturated carbocycles. The maximum absolute atomic E-state index is 11.3. The van der Waals surface area contributed by atoms with Crippen molar-refractivity contribution in [3.8, 4) is 0 Å². The van der Waals surface area contributed by atoms with Gasteiger partial charge in [-0.05, 0) is 47.6 Å². The van der Waals surface area contributed by atoms with Gasteiger partial charge in [0.1, 0.15) is 0 Å². The van der Waals surface area contributed by atoms with Crippen LogP contribution >= 0.6 is 43.2 Å². The molecule has 4 nitrogen and oxygen atoms in total. The normalized spacial score (nSPS) is 10.1. The number of rotatable bonds is 6. The first-order valence-corrected chi connectivity index (χ1v) is 10.1. The van der Waals surface area contributed by atoms with E-state index in [-0.39, 0.29) is 10.6 Å². The number of benzene rings is 1. The van der Waals surface area contributed by atoms with E-state index in [0.717, 1.165) is 31.4 Å². The van der Waals surface area contributed by atoms with Crippen LogP contribution < -0.4 is 0 Å². The Kier molecular flexibility index (Phi) is 9.08. The topological polar surface area (TPSA) is 52.6 Å². The van der Waals surface area contributed by atoms with Gasteiger partial charge in [-0.2, -0.15) is 0 Å². The largest absolute Gasteiger partial charge is 0.457 e. The zero-order chi connectivity index (χ0) is 14.8. The predicted molar refractivity (Wildman–Crippen MR) is 87.4 cm³/mol. The van der Waals surface area contributed by atoms with E-state index in [4.69, 9.17) is 9.47 Å². The molecule has 0 N–H and O–H groups in total. The first-order chi connectivity index (χ1) is 9.67. The molecule has 0 radical (unpaired) electrons. The molecular formula is C12H14O4S4. The lowest BCUT2D eigenvalue weighted by Gasteiger charge is -2.06. The van der Waals surface area contributed by atoms with Crippen molar-refractivity contribution in [2.75, 3.05) is 13.2 Å². The van der Waals surface area contributed by atoms with Crippen molar-refractivity contribution in [2.24, 2.45) is 0 Å². The summed E-state index contributed by atoms with van der Waals surface area (Å²) < 4.78 is 9.70. The molecule has 0 heterocycles. The maximum atomic E-state index is 11.3. The smallest absolute Gasteiger partial charge is 0.378 e. The molecule has 0 aliphatic carbocycles. The van der Waals surface area contributed by atoms with E-state index in [2.05, 4.69) is 0 Å². The highest BCUT2D eigenvalue weighted by Crippen LogP contribution is 2.42. The number of ether oxygens (including phenoxy) is 2. The van der Waals surface area contributed by atoms with Crippen molar-refractivity contribution < 1.29 is 19.1 Å². The molecule has 1 aromatic rings. The Morgan fingerprint density at radius 1 is 0.900 bits per heavy atom. The van der Waals surface area contributed by atoms with Crippen LogP contribution in [0.4, 0.5) is 9.59 Å². The zero-order valence-electron chi connectivity index (χ0n) is 11.0. The molecule has 0 saturated heterocycles. The summed E-state index contributed by atoms with van der Waals surface area (Å²) in [4.78, 5) is 24.4. The van der Waals surface area contributed by atoms with Gasteiger partial charge in [0, 0.05) is 31.4 Å². The zero-order valence-corrected chi connectivity index (χ0v) is 14.3. The fraction of sp³-hybridized carbons (Fsp3) is 0.333. The molecule has 0 spiro atoms. The standard InChI is InChI=1S/C12H14O4S4/c1-3-15-11(13)19-17-9-7-5-6-8-10(9)18-20-12(14)16-4-2/h5-8H,3-4H2,1-2H3. The summed E-state index contributed by atoms with van der Waals surface area (Å²) in [6, 6.07) is 7.55. The predicted octanol–water partition coefficient (Wildman–Crippen LogP) is 5.48. The average Bonchev–Trinajstić information content (AvgIpc) is 2.44. The van der Waals surface area contributed by atoms with Gasteiger partial charge < -0.3 is 9.47 Å². The summed E-state index contributed by atoms with van der Waals surface area (Å²) in [5.41, 5.74) is 0. The first kappa shape index (κ1) is 17.6. The Labute approximate surface area is 133 Å². The summed E-state index contributed by atoms with van der Waals surface area (Å²) in [6.45, 7) is 4.26. The van der Waals surface area contributed by atoms with Gasteiger partial charge in [-0.1, -0.05) is 12.1 Å². The molecule has 0 aliphatic rings. The summed E-state index contributed by atoms with van der Waals surface area (Å²) in [5, 5.41) is -0.648. The van der Waals surface area contributed by atoms with Crippen molar-refractivity contribution in [1.82, 2.24) is 0 Å². The molecule has 0 atom stereocenters. The molecule has 0 bridgehead atoms. The Morgan fingerprint density at radius 3 is 1.65 bits per heavy atom. The molecule has 1 aromatic carbocycles. The molecule has 0 aliphatic heterocycles. The van der Waals surface area contributed by atoms with Gasteiger partial charge >= 0.3 is 10.6 Å². The van der Waals surface area contributed by atoms with Crippen molar-refractivity contribution in [2.45, 2.75) is 23.6 Å². The van der Waals surface area contributed by atoms with Crippen LogP contribution in [0.5, 0.6) is 0 Å². The molecule has 0 aromatic heterocycles. The lowest BCUT2D eigenvalue weighted by Crippen LogP contribution is -1.94. The van der Waals surface area contributed by atoms with Gasteiger partial charge in [-0.25, -0.2) is 9.59 Å². The second-order valence-electron chi connectivity index (χ2n) is 3.15. The van der Waals surface area contributed by atoms with E-state index in [9.17, 15) is 9.59 Å². The molecule has 0 unspecified atom stereocenters. The minimum atomic E-state index is -0.324. The van der Waals surface area contributed by atoms with Gasteiger partial charge in [0.25, 0.3) is 0 Å². The Bertz CT molecular complexity index is 412. The highest BCUT2D eigenvalue weighted by Gasteiger charge is 2.11. The van der Waals surface area contributed by atoms with E-state index in [1.54, 1.807) is 13.8 Å². The fourth-order valence-electron chi connectivity index (χ4n) is 1.03. The van der Waals surface area contributed by atoms with Crippen LogP contribution in [-0.4, -0.2) is 23.8 Å². The Morgan fingerprint density at radius 2 is 1.30 bits per heavy atom. The second kappa shape index (κ2) is 10.3. The maximum Gasteiger partial charge on any atom is 0.378 e. The highest BCUT2D eigenvalue weighted by atomic mass is 33.1. The second-order valence-corrected chi connectivity index (χ2v) is 7.36. The lowest BCUT2D eigenvalue weighted by atomic mass is 10.4. The minimum Gasteiger partial charge on any atom is -0.457 e. The highest BCUT2D eigenvalue weighted by molar-refractivity contribution is 8.83. The molecule has 0 amide bonds. The van der Waals surface area contributed by atoms with Crippen LogP contribution in [0, 0.1) is 0 Å². The third-order valence-corrected chi connectivity index (χ3v) is 6.04. The quantitative estimate of drug-likeness (QED) is 0.494. The van der Waals surface area contributed by atoms with Crippen LogP contribution in [0.25, 0.3) is 0 Å². The van der Waals surface area contributed by atoms with Crippen molar-refractivity contribution in [1.29, 1.82) is 0 Å². The molecule has 0 fully saturated rings. The van der Waals surface area contributed by atoms with E-state index < -0.39 is 0 Å². The SMILES string of the molecule is CCOC(=O)SSc1ccccc1SSC(=O)OCC. The fourth-order valence-corrected chi connectivity index (χ4v) is 4.92. The van der Waals surface area contributed by atoms with Gasteiger partial charge in [0.05, 0.1) is 13.2 Å². The monoisotopic (exact) mass is 350 g/mol. The van der Waals surface area contributed by atoms with Gasteiger partial charge in [0.15, 0.2) is 0 Å². The molecular weight excluding hydrogens is 336 g/mol. The van der Waals surface area contributed by atoms with Gasteiger partial charge in [-0.3, -0.25) is 0 Å². The number of hydrogen-bond acceptors (Lipinski definition) is 8. The first-order valence-electron chi connectivity index (χ1n) is 5.79. The number of hydrogen-bond donors (Lipinski definition) is 0. The van der Waals surface area contributed by atoms with E-state index in [1.807, 2.05) is 24.3 Å². The molecule has 8 heteroatoms. The summed E-state index contributed by atoms with van der Waals surface area (Å²) in [5.74, 6) is 0. The molecule has 20 heavy (non-hydrogen) atoms. The Hall–Kier alpha value is -0.440. The third kappa shape index (κ3) is 6.83. The number of carbonyl (C=O) groups is 2. The van der Waals surface area contributed by atoms with Crippen molar-refractivity contribution in [3.63, 3.8) is 0 Å². The molecule has 110 valence electrons. The Balaban J connectivity index is 2.54. The third-order valence-electron chi connectivity index (χ3n) is 1.77.